The zero-order chi connectivity index (χ0) is 15.8. The number of hydrogen-bond acceptors (Lipinski definition) is 4. The maximum atomic E-state index is 12.3. The number of rotatable bonds is 4. The predicted octanol–water partition coefficient (Wildman–Crippen LogP) is 2.11. The predicted molar refractivity (Wildman–Crippen MR) is 82.1 cm³/mol. The molecule has 0 spiro atoms. The molecule has 0 radical (unpaired) electrons. The van der Waals surface area contributed by atoms with Crippen molar-refractivity contribution in [3.63, 3.8) is 0 Å². The summed E-state index contributed by atoms with van der Waals surface area (Å²) in [5.41, 5.74) is -0.624. The highest BCUT2D eigenvalue weighted by atomic mass is 16.7. The standard InChI is InChI=1S/C15H28BNO4/c1-7-19-11(2)13(18)17-9-8-12(10-17)16-20-14(3,4)15(5,6)21-16/h11-12H,7-10H2,1-6H3. The van der Waals surface area contributed by atoms with Gasteiger partial charge in [-0.05, 0) is 48.0 Å². The minimum atomic E-state index is -0.368. The Morgan fingerprint density at radius 1 is 1.33 bits per heavy atom. The summed E-state index contributed by atoms with van der Waals surface area (Å²) in [5, 5.41) is 0. The van der Waals surface area contributed by atoms with E-state index in [0.717, 1.165) is 13.0 Å². The molecule has 1 amide bonds. The molecule has 0 aromatic heterocycles. The van der Waals surface area contributed by atoms with Crippen molar-refractivity contribution in [2.24, 2.45) is 0 Å². The van der Waals surface area contributed by atoms with Crippen molar-refractivity contribution < 1.29 is 18.8 Å². The largest absolute Gasteiger partial charge is 0.463 e. The lowest BCUT2D eigenvalue weighted by Crippen LogP contribution is -2.41. The van der Waals surface area contributed by atoms with Crippen molar-refractivity contribution in [2.45, 2.75) is 71.1 Å². The fourth-order valence-corrected chi connectivity index (χ4v) is 2.87. The van der Waals surface area contributed by atoms with Gasteiger partial charge >= 0.3 is 7.12 Å². The summed E-state index contributed by atoms with van der Waals surface area (Å²) in [6, 6.07) is 0. The van der Waals surface area contributed by atoms with Gasteiger partial charge in [0.1, 0.15) is 6.10 Å². The van der Waals surface area contributed by atoms with E-state index in [-0.39, 0.29) is 36.1 Å². The van der Waals surface area contributed by atoms with E-state index in [4.69, 9.17) is 14.0 Å². The molecule has 0 saturated carbocycles. The maximum Gasteiger partial charge on any atom is 0.463 e. The van der Waals surface area contributed by atoms with Gasteiger partial charge in [-0.1, -0.05) is 0 Å². The average molecular weight is 297 g/mol. The molecule has 0 N–H and O–H groups in total. The third kappa shape index (κ3) is 3.27. The second-order valence-corrected chi connectivity index (χ2v) is 7.06. The minimum absolute atomic E-state index is 0.0656. The molecule has 21 heavy (non-hydrogen) atoms. The van der Waals surface area contributed by atoms with Gasteiger partial charge < -0.3 is 18.9 Å². The highest BCUT2D eigenvalue weighted by molar-refractivity contribution is 6.47. The molecule has 2 aliphatic heterocycles. The van der Waals surface area contributed by atoms with Gasteiger partial charge in [-0.15, -0.1) is 0 Å². The van der Waals surface area contributed by atoms with E-state index in [2.05, 4.69) is 27.7 Å². The first kappa shape index (κ1) is 16.8. The molecule has 2 rings (SSSR count). The van der Waals surface area contributed by atoms with Gasteiger partial charge in [-0.3, -0.25) is 4.79 Å². The first-order valence-corrected chi connectivity index (χ1v) is 7.94. The van der Waals surface area contributed by atoms with Gasteiger partial charge in [0.15, 0.2) is 0 Å². The summed E-state index contributed by atoms with van der Waals surface area (Å²) in [4.78, 5) is 14.1. The Hall–Kier alpha value is -0.585. The van der Waals surface area contributed by atoms with Crippen LogP contribution in [0.3, 0.4) is 0 Å². The van der Waals surface area contributed by atoms with Gasteiger partial charge in [0.25, 0.3) is 5.91 Å². The van der Waals surface area contributed by atoms with E-state index in [1.807, 2.05) is 18.7 Å². The molecule has 120 valence electrons. The fraction of sp³-hybridized carbons (Fsp3) is 0.933. The molecule has 2 aliphatic rings. The molecule has 0 bridgehead atoms. The zero-order valence-corrected chi connectivity index (χ0v) is 14.1. The number of ether oxygens (including phenoxy) is 1. The van der Waals surface area contributed by atoms with Crippen molar-refractivity contribution in [1.82, 2.24) is 4.90 Å². The van der Waals surface area contributed by atoms with Gasteiger partial charge in [0.2, 0.25) is 0 Å². The molecule has 2 heterocycles. The summed E-state index contributed by atoms with van der Waals surface area (Å²) >= 11 is 0. The van der Waals surface area contributed by atoms with E-state index in [9.17, 15) is 4.79 Å². The van der Waals surface area contributed by atoms with E-state index >= 15 is 0 Å². The zero-order valence-electron chi connectivity index (χ0n) is 14.1. The second kappa shape index (κ2) is 5.90. The summed E-state index contributed by atoms with van der Waals surface area (Å²) in [6.07, 6.45) is 0.550. The lowest BCUT2D eigenvalue weighted by molar-refractivity contribution is -0.141. The minimum Gasteiger partial charge on any atom is -0.403 e. The average Bonchev–Trinajstić information content (AvgIpc) is 2.92. The quantitative estimate of drug-likeness (QED) is 0.746. The van der Waals surface area contributed by atoms with Crippen LogP contribution in [-0.2, 0) is 18.8 Å². The third-order valence-electron chi connectivity index (χ3n) is 4.96. The van der Waals surface area contributed by atoms with Crippen LogP contribution in [0, 0.1) is 0 Å². The summed E-state index contributed by atoms with van der Waals surface area (Å²) in [6.45, 7) is 13.9. The van der Waals surface area contributed by atoms with Crippen LogP contribution in [0.2, 0.25) is 5.82 Å². The smallest absolute Gasteiger partial charge is 0.403 e. The maximum absolute atomic E-state index is 12.3. The highest BCUT2D eigenvalue weighted by Gasteiger charge is 2.54. The van der Waals surface area contributed by atoms with Crippen LogP contribution in [0.4, 0.5) is 0 Å². The molecule has 6 heteroatoms. The summed E-state index contributed by atoms with van der Waals surface area (Å²) in [7, 11) is -0.227. The van der Waals surface area contributed by atoms with Crippen LogP contribution in [-0.4, -0.2) is 54.9 Å². The molecular formula is C15H28BNO4. The van der Waals surface area contributed by atoms with Crippen LogP contribution in [0.25, 0.3) is 0 Å². The molecule has 5 nitrogen and oxygen atoms in total. The number of hydrogen-bond donors (Lipinski definition) is 0. The number of likely N-dealkylation sites (tertiary alicyclic amines) is 1. The molecule has 2 unspecified atom stereocenters. The molecule has 0 aromatic carbocycles. The topological polar surface area (TPSA) is 48.0 Å². The Kier molecular flexibility index (Phi) is 4.71. The molecule has 0 aromatic rings. The Labute approximate surface area is 128 Å². The Balaban J connectivity index is 1.93. The Bertz CT molecular complexity index is 383. The van der Waals surface area contributed by atoms with E-state index < -0.39 is 0 Å². The number of nitrogens with zero attached hydrogens (tertiary/aromatic N) is 1. The summed E-state index contributed by atoms with van der Waals surface area (Å²) < 4.78 is 17.6. The van der Waals surface area contributed by atoms with Crippen LogP contribution in [0.5, 0.6) is 0 Å². The first-order chi connectivity index (χ1) is 9.68. The van der Waals surface area contributed by atoms with Crippen molar-refractivity contribution in [3.05, 3.63) is 0 Å². The molecule has 2 atom stereocenters. The van der Waals surface area contributed by atoms with Crippen molar-refractivity contribution in [1.29, 1.82) is 0 Å². The van der Waals surface area contributed by atoms with Crippen molar-refractivity contribution in [3.8, 4) is 0 Å². The lowest BCUT2D eigenvalue weighted by Gasteiger charge is -2.32. The second-order valence-electron chi connectivity index (χ2n) is 7.06. The van der Waals surface area contributed by atoms with Crippen LogP contribution in [0.15, 0.2) is 0 Å². The third-order valence-corrected chi connectivity index (χ3v) is 4.96. The van der Waals surface area contributed by atoms with Crippen molar-refractivity contribution >= 4 is 13.0 Å². The molecule has 2 saturated heterocycles. The Morgan fingerprint density at radius 3 is 2.43 bits per heavy atom. The normalized spacial score (nSPS) is 29.0. The number of carbonyl (C=O) groups is 1. The Morgan fingerprint density at radius 2 is 1.90 bits per heavy atom. The van der Waals surface area contributed by atoms with Gasteiger partial charge in [0, 0.05) is 25.5 Å². The molecule has 2 fully saturated rings. The van der Waals surface area contributed by atoms with Crippen LogP contribution in [0.1, 0.15) is 48.0 Å². The summed E-state index contributed by atoms with van der Waals surface area (Å²) in [5.74, 6) is 0.305. The van der Waals surface area contributed by atoms with E-state index in [0.29, 0.717) is 13.2 Å². The number of carbonyl (C=O) groups excluding carboxylic acids is 1. The molecule has 0 aliphatic carbocycles. The monoisotopic (exact) mass is 297 g/mol. The number of amides is 1. The van der Waals surface area contributed by atoms with Gasteiger partial charge in [-0.25, -0.2) is 0 Å². The van der Waals surface area contributed by atoms with Crippen molar-refractivity contribution in [2.75, 3.05) is 19.7 Å². The van der Waals surface area contributed by atoms with E-state index in [1.165, 1.54) is 0 Å². The molecular weight excluding hydrogens is 269 g/mol. The van der Waals surface area contributed by atoms with Gasteiger partial charge in [-0.2, -0.15) is 0 Å². The van der Waals surface area contributed by atoms with E-state index in [1.54, 1.807) is 0 Å². The fourth-order valence-electron chi connectivity index (χ4n) is 2.87. The SMILES string of the molecule is CCOC(C)C(=O)N1CCC(B2OC(C)(C)C(C)(C)O2)C1. The lowest BCUT2D eigenvalue weighted by atomic mass is 9.71. The van der Waals surface area contributed by atoms with Crippen LogP contribution < -0.4 is 0 Å². The van der Waals surface area contributed by atoms with Gasteiger partial charge in [0.05, 0.1) is 11.2 Å². The first-order valence-electron chi connectivity index (χ1n) is 7.94. The van der Waals surface area contributed by atoms with Crippen LogP contribution >= 0.6 is 0 Å². The highest BCUT2D eigenvalue weighted by Crippen LogP contribution is 2.42.